The number of hydrogen-bond acceptors (Lipinski definition) is 2. The van der Waals surface area contributed by atoms with Gasteiger partial charge >= 0.3 is 0 Å². The van der Waals surface area contributed by atoms with Crippen molar-refractivity contribution in [2.75, 3.05) is 0 Å². The van der Waals surface area contributed by atoms with E-state index in [1.165, 1.54) is 36.8 Å². The van der Waals surface area contributed by atoms with Crippen molar-refractivity contribution in [3.63, 3.8) is 0 Å². The van der Waals surface area contributed by atoms with Gasteiger partial charge in [-0.1, -0.05) is 19.8 Å². The average molecular weight is 314 g/mol. The largest absolute Gasteiger partial charge is 0.487 e. The fourth-order valence-corrected chi connectivity index (χ4v) is 5.14. The molecule has 2 heteroatoms. The topological polar surface area (TPSA) is 18.5 Å². The highest BCUT2D eigenvalue weighted by atomic mass is 16.5. The van der Waals surface area contributed by atoms with E-state index in [0.29, 0.717) is 11.8 Å². The fourth-order valence-electron chi connectivity index (χ4n) is 5.14. The molecule has 1 saturated carbocycles. The summed E-state index contributed by atoms with van der Waals surface area (Å²) in [6.45, 7) is 9.12. The molecule has 2 aliphatic heterocycles. The maximum atomic E-state index is 6.49. The van der Waals surface area contributed by atoms with Crippen molar-refractivity contribution in [2.45, 2.75) is 89.8 Å². The summed E-state index contributed by atoms with van der Waals surface area (Å²) < 4.78 is 13.0. The maximum absolute atomic E-state index is 6.49. The molecule has 23 heavy (non-hydrogen) atoms. The number of rotatable bonds is 4. The van der Waals surface area contributed by atoms with Gasteiger partial charge in [0.15, 0.2) is 0 Å². The highest BCUT2D eigenvalue weighted by molar-refractivity contribution is 5.54. The second-order valence-electron chi connectivity index (χ2n) is 8.68. The van der Waals surface area contributed by atoms with E-state index in [2.05, 4.69) is 39.8 Å². The smallest absolute Gasteiger partial charge is 0.127 e. The summed E-state index contributed by atoms with van der Waals surface area (Å²) in [7, 11) is 0. The van der Waals surface area contributed by atoms with E-state index >= 15 is 0 Å². The van der Waals surface area contributed by atoms with E-state index in [1.54, 1.807) is 0 Å². The molecule has 1 aliphatic carbocycles. The van der Waals surface area contributed by atoms with Crippen LogP contribution in [0.5, 0.6) is 11.5 Å². The molecular formula is C21H30O2. The first-order valence-corrected chi connectivity index (χ1v) is 9.47. The fraction of sp³-hybridized carbons (Fsp3) is 0.714. The first-order valence-electron chi connectivity index (χ1n) is 9.47. The molecule has 3 atom stereocenters. The average Bonchev–Trinajstić information content (AvgIpc) is 2.45. The van der Waals surface area contributed by atoms with E-state index < -0.39 is 0 Å². The molecule has 2 nitrogen and oxygen atoms in total. The highest BCUT2D eigenvalue weighted by Gasteiger charge is 2.54. The van der Waals surface area contributed by atoms with Crippen molar-refractivity contribution >= 4 is 0 Å². The molecule has 1 aromatic carbocycles. The summed E-state index contributed by atoms with van der Waals surface area (Å²) in [5.74, 6) is 3.45. The Bertz CT molecular complexity index is 601. The highest BCUT2D eigenvalue weighted by Crippen LogP contribution is 2.60. The second kappa shape index (κ2) is 5.16. The number of ether oxygens (including phenoxy) is 2. The van der Waals surface area contributed by atoms with Crippen LogP contribution in [0.4, 0.5) is 0 Å². The monoisotopic (exact) mass is 314 g/mol. The van der Waals surface area contributed by atoms with E-state index in [4.69, 9.17) is 9.47 Å². The van der Waals surface area contributed by atoms with Crippen molar-refractivity contribution < 1.29 is 9.47 Å². The van der Waals surface area contributed by atoms with Crippen LogP contribution >= 0.6 is 0 Å². The number of unbranched alkanes of at least 4 members (excludes halogenated alkanes) is 2. The minimum absolute atomic E-state index is 0.0287. The first kappa shape index (κ1) is 15.4. The number of aryl methyl sites for hydroxylation is 1. The Labute approximate surface area is 140 Å². The SMILES string of the molecule is CCCCCc1cc2c3c(c1)O[C@]1(C)CC[C@@H]([C@H]3C1)C(C)(C)O2. The lowest BCUT2D eigenvalue weighted by atomic mass is 9.61. The molecular weight excluding hydrogens is 284 g/mol. The number of benzene rings is 1. The molecule has 3 aliphatic rings. The zero-order chi connectivity index (χ0) is 16.2. The normalized spacial score (nSPS) is 32.9. The lowest BCUT2D eigenvalue weighted by Gasteiger charge is -2.55. The Balaban J connectivity index is 1.76. The number of hydrogen-bond donors (Lipinski definition) is 0. The van der Waals surface area contributed by atoms with Gasteiger partial charge in [-0.05, 0) is 70.6 Å². The van der Waals surface area contributed by atoms with E-state index in [-0.39, 0.29) is 11.2 Å². The quantitative estimate of drug-likeness (QED) is 0.671. The van der Waals surface area contributed by atoms with Gasteiger partial charge < -0.3 is 9.47 Å². The number of fused-ring (bicyclic) bond motifs is 1. The summed E-state index contributed by atoms with van der Waals surface area (Å²) in [5, 5.41) is 0. The summed E-state index contributed by atoms with van der Waals surface area (Å²) in [6, 6.07) is 4.61. The van der Waals surface area contributed by atoms with Crippen LogP contribution in [0.1, 0.15) is 83.3 Å². The van der Waals surface area contributed by atoms with Gasteiger partial charge in [-0.25, -0.2) is 0 Å². The van der Waals surface area contributed by atoms with Gasteiger partial charge in [0.1, 0.15) is 22.7 Å². The minimum Gasteiger partial charge on any atom is -0.487 e. The predicted molar refractivity (Wildman–Crippen MR) is 93.5 cm³/mol. The Hall–Kier alpha value is -1.18. The zero-order valence-electron chi connectivity index (χ0n) is 15.1. The van der Waals surface area contributed by atoms with E-state index in [0.717, 1.165) is 30.8 Å². The molecule has 0 aromatic heterocycles. The van der Waals surface area contributed by atoms with Crippen LogP contribution in [0.25, 0.3) is 0 Å². The van der Waals surface area contributed by atoms with Crippen LogP contribution in [-0.4, -0.2) is 11.2 Å². The summed E-state index contributed by atoms with van der Waals surface area (Å²) >= 11 is 0. The van der Waals surface area contributed by atoms with Crippen LogP contribution in [-0.2, 0) is 6.42 Å². The van der Waals surface area contributed by atoms with Gasteiger partial charge in [0, 0.05) is 17.4 Å². The second-order valence-corrected chi connectivity index (χ2v) is 8.68. The van der Waals surface area contributed by atoms with Crippen LogP contribution in [0.2, 0.25) is 0 Å². The molecule has 2 bridgehead atoms. The van der Waals surface area contributed by atoms with Crippen LogP contribution in [0, 0.1) is 5.92 Å². The molecule has 1 aromatic rings. The van der Waals surface area contributed by atoms with Crippen LogP contribution in [0.15, 0.2) is 12.1 Å². The van der Waals surface area contributed by atoms with Crippen molar-refractivity contribution in [1.29, 1.82) is 0 Å². The van der Waals surface area contributed by atoms with Crippen molar-refractivity contribution in [2.24, 2.45) is 5.92 Å². The third kappa shape index (κ3) is 2.45. The van der Waals surface area contributed by atoms with Gasteiger partial charge in [0.2, 0.25) is 0 Å². The molecule has 0 unspecified atom stereocenters. The van der Waals surface area contributed by atoms with Gasteiger partial charge in [-0.3, -0.25) is 0 Å². The van der Waals surface area contributed by atoms with Crippen LogP contribution < -0.4 is 9.47 Å². The summed E-state index contributed by atoms with van der Waals surface area (Å²) in [5.41, 5.74) is 2.71. The van der Waals surface area contributed by atoms with Gasteiger partial charge in [0.05, 0.1) is 0 Å². The van der Waals surface area contributed by atoms with Gasteiger partial charge in [0.25, 0.3) is 0 Å². The van der Waals surface area contributed by atoms with Crippen molar-refractivity contribution in [3.05, 3.63) is 23.3 Å². The first-order chi connectivity index (χ1) is 10.9. The summed E-state index contributed by atoms with van der Waals surface area (Å²) in [6.07, 6.45) is 8.45. The summed E-state index contributed by atoms with van der Waals surface area (Å²) in [4.78, 5) is 0. The Morgan fingerprint density at radius 1 is 1.09 bits per heavy atom. The van der Waals surface area contributed by atoms with Crippen molar-refractivity contribution in [3.8, 4) is 11.5 Å². The molecule has 0 N–H and O–H groups in total. The molecule has 2 heterocycles. The molecule has 0 saturated heterocycles. The third-order valence-corrected chi connectivity index (χ3v) is 6.35. The molecule has 4 rings (SSSR count). The third-order valence-electron chi connectivity index (χ3n) is 6.35. The van der Waals surface area contributed by atoms with E-state index in [1.807, 2.05) is 0 Å². The predicted octanol–water partition coefficient (Wildman–Crippen LogP) is 5.63. The van der Waals surface area contributed by atoms with Gasteiger partial charge in [-0.15, -0.1) is 0 Å². The Morgan fingerprint density at radius 2 is 1.83 bits per heavy atom. The lowest BCUT2D eigenvalue weighted by molar-refractivity contribution is -0.0727. The Morgan fingerprint density at radius 3 is 2.57 bits per heavy atom. The molecule has 126 valence electrons. The minimum atomic E-state index is -0.0599. The molecule has 0 radical (unpaired) electrons. The Kier molecular flexibility index (Phi) is 3.44. The lowest BCUT2D eigenvalue weighted by Crippen LogP contribution is -2.53. The maximum Gasteiger partial charge on any atom is 0.127 e. The van der Waals surface area contributed by atoms with Crippen LogP contribution in [0.3, 0.4) is 0 Å². The zero-order valence-corrected chi connectivity index (χ0v) is 15.1. The van der Waals surface area contributed by atoms with E-state index in [9.17, 15) is 0 Å². The molecule has 1 fully saturated rings. The molecule has 0 amide bonds. The van der Waals surface area contributed by atoms with Crippen molar-refractivity contribution in [1.82, 2.24) is 0 Å². The standard InChI is InChI=1S/C21H30O2/c1-5-6-7-8-14-11-17-19-15-13-21(4,23-18(19)12-14)10-9-16(15)20(2,3)22-17/h11-12,15-16H,5-10,13H2,1-4H3/t15-,16+,21-/m1/s1. The van der Waals surface area contributed by atoms with Gasteiger partial charge in [-0.2, -0.15) is 0 Å². The molecule has 0 spiro atoms.